The summed E-state index contributed by atoms with van der Waals surface area (Å²) in [6.45, 7) is 3.10. The van der Waals surface area contributed by atoms with E-state index in [1.54, 1.807) is 4.90 Å². The van der Waals surface area contributed by atoms with Gasteiger partial charge in [-0.3, -0.25) is 14.9 Å². The minimum atomic E-state index is -0.880. The van der Waals surface area contributed by atoms with Crippen LogP contribution in [0.2, 0.25) is 0 Å². The molecule has 3 aliphatic rings. The van der Waals surface area contributed by atoms with Gasteiger partial charge in [-0.1, -0.05) is 6.92 Å². The maximum atomic E-state index is 12.5. The van der Waals surface area contributed by atoms with E-state index in [-0.39, 0.29) is 17.7 Å². The van der Waals surface area contributed by atoms with Gasteiger partial charge in [0.05, 0.1) is 6.54 Å². The molecule has 0 bridgehead atoms. The molecule has 0 aromatic rings. The Morgan fingerprint density at radius 2 is 1.95 bits per heavy atom. The van der Waals surface area contributed by atoms with Gasteiger partial charge in [0.1, 0.15) is 5.54 Å². The van der Waals surface area contributed by atoms with E-state index in [0.717, 1.165) is 25.7 Å². The molecule has 3 rings (SSSR count). The first-order chi connectivity index (χ1) is 9.50. The number of likely N-dealkylation sites (tertiary alicyclic amines) is 1. The van der Waals surface area contributed by atoms with Crippen molar-refractivity contribution in [3.63, 3.8) is 0 Å². The largest absolute Gasteiger partial charge is 0.339 e. The molecule has 0 aromatic carbocycles. The molecule has 2 N–H and O–H groups in total. The highest BCUT2D eigenvalue weighted by Gasteiger charge is 2.52. The lowest BCUT2D eigenvalue weighted by Crippen LogP contribution is -2.50. The van der Waals surface area contributed by atoms with Crippen LogP contribution in [0.1, 0.15) is 39.0 Å². The first kappa shape index (κ1) is 13.4. The Morgan fingerprint density at radius 1 is 1.25 bits per heavy atom. The molecule has 110 valence electrons. The van der Waals surface area contributed by atoms with E-state index in [9.17, 15) is 14.4 Å². The summed E-state index contributed by atoms with van der Waals surface area (Å²) in [5.74, 6) is 0.670. The maximum Gasteiger partial charge on any atom is 0.322 e. The fourth-order valence-electron chi connectivity index (χ4n) is 3.58. The molecule has 2 saturated heterocycles. The summed E-state index contributed by atoms with van der Waals surface area (Å²) in [5, 5.41) is 4.95. The van der Waals surface area contributed by atoms with Crippen LogP contribution in [0.5, 0.6) is 0 Å². The Labute approximate surface area is 118 Å². The molecule has 1 atom stereocenters. The van der Waals surface area contributed by atoms with E-state index in [1.807, 2.05) is 0 Å². The van der Waals surface area contributed by atoms with Gasteiger partial charge in [-0.25, -0.2) is 4.79 Å². The van der Waals surface area contributed by atoms with Gasteiger partial charge >= 0.3 is 6.03 Å². The summed E-state index contributed by atoms with van der Waals surface area (Å²) in [4.78, 5) is 37.4. The zero-order valence-electron chi connectivity index (χ0n) is 11.8. The molecule has 4 amide bonds. The van der Waals surface area contributed by atoms with Crippen molar-refractivity contribution in [1.82, 2.24) is 15.5 Å². The molecule has 1 aliphatic carbocycles. The molecule has 1 spiro atoms. The van der Waals surface area contributed by atoms with Crippen LogP contribution in [0.15, 0.2) is 0 Å². The van der Waals surface area contributed by atoms with E-state index in [1.165, 1.54) is 0 Å². The molecular weight excluding hydrogens is 258 g/mol. The molecule has 0 radical (unpaired) electrons. The molecular formula is C14H21N3O3. The van der Waals surface area contributed by atoms with E-state index in [0.29, 0.717) is 25.4 Å². The number of nitrogens with zero attached hydrogens (tertiary/aromatic N) is 1. The molecule has 3 fully saturated rings. The third-order valence-corrected chi connectivity index (χ3v) is 4.96. The van der Waals surface area contributed by atoms with E-state index >= 15 is 0 Å². The number of amides is 4. The van der Waals surface area contributed by atoms with Gasteiger partial charge in [0, 0.05) is 12.5 Å². The number of hydrogen-bond acceptors (Lipinski definition) is 3. The van der Waals surface area contributed by atoms with E-state index in [2.05, 4.69) is 17.6 Å². The van der Waals surface area contributed by atoms with Gasteiger partial charge < -0.3 is 10.2 Å². The van der Waals surface area contributed by atoms with E-state index < -0.39 is 11.6 Å². The van der Waals surface area contributed by atoms with Crippen LogP contribution in [0, 0.1) is 11.8 Å². The fourth-order valence-corrected chi connectivity index (χ4v) is 3.58. The minimum absolute atomic E-state index is 0.0986. The van der Waals surface area contributed by atoms with Crippen molar-refractivity contribution in [2.75, 3.05) is 13.1 Å². The monoisotopic (exact) mass is 279 g/mol. The summed E-state index contributed by atoms with van der Waals surface area (Å²) >= 11 is 0. The predicted octanol–water partition coefficient (Wildman–Crippen LogP) is 0.623. The van der Waals surface area contributed by atoms with Crippen molar-refractivity contribution in [3.05, 3.63) is 0 Å². The number of urea groups is 1. The quantitative estimate of drug-likeness (QED) is 0.691. The highest BCUT2D eigenvalue weighted by molar-refractivity contribution is 6.07. The Kier molecular flexibility index (Phi) is 3.18. The minimum Gasteiger partial charge on any atom is -0.339 e. The highest BCUT2D eigenvalue weighted by atomic mass is 16.2. The first-order valence-corrected chi connectivity index (χ1v) is 7.42. The van der Waals surface area contributed by atoms with Gasteiger partial charge in [-0.05, 0) is 38.0 Å². The zero-order chi connectivity index (χ0) is 14.3. The average molecular weight is 279 g/mol. The number of carbonyl (C=O) groups is 3. The van der Waals surface area contributed by atoms with Crippen molar-refractivity contribution >= 4 is 17.8 Å². The van der Waals surface area contributed by atoms with Crippen molar-refractivity contribution in [2.45, 2.75) is 44.6 Å². The number of hydrogen-bond donors (Lipinski definition) is 2. The van der Waals surface area contributed by atoms with Crippen LogP contribution in [0.4, 0.5) is 4.79 Å². The highest BCUT2D eigenvalue weighted by Crippen LogP contribution is 2.32. The third-order valence-electron chi connectivity index (χ3n) is 4.96. The third kappa shape index (κ3) is 2.17. The van der Waals surface area contributed by atoms with Crippen LogP contribution in [0.3, 0.4) is 0 Å². The number of nitrogens with one attached hydrogen (secondary N) is 2. The summed E-state index contributed by atoms with van der Waals surface area (Å²) in [6.07, 6.45) is 4.61. The summed E-state index contributed by atoms with van der Waals surface area (Å²) in [6, 6.07) is -0.448. The van der Waals surface area contributed by atoms with Gasteiger partial charge in [0.25, 0.3) is 5.91 Å². The molecule has 6 heteroatoms. The molecule has 2 heterocycles. The van der Waals surface area contributed by atoms with Gasteiger partial charge in [0.15, 0.2) is 0 Å². The summed E-state index contributed by atoms with van der Waals surface area (Å²) in [7, 11) is 0. The van der Waals surface area contributed by atoms with Gasteiger partial charge in [-0.15, -0.1) is 0 Å². The maximum absolute atomic E-state index is 12.5. The molecule has 0 aromatic heterocycles. The van der Waals surface area contributed by atoms with E-state index in [4.69, 9.17) is 0 Å². The van der Waals surface area contributed by atoms with Crippen LogP contribution < -0.4 is 10.6 Å². The van der Waals surface area contributed by atoms with Crippen LogP contribution in [0.25, 0.3) is 0 Å². The van der Waals surface area contributed by atoms with Crippen LogP contribution >= 0.6 is 0 Å². The average Bonchev–Trinajstić information content (AvgIpc) is 2.95. The topological polar surface area (TPSA) is 78.5 Å². The summed E-state index contributed by atoms with van der Waals surface area (Å²) < 4.78 is 0. The van der Waals surface area contributed by atoms with Crippen LogP contribution in [-0.2, 0) is 9.59 Å². The molecule has 6 nitrogen and oxygen atoms in total. The smallest absolute Gasteiger partial charge is 0.322 e. The van der Waals surface area contributed by atoms with Crippen molar-refractivity contribution < 1.29 is 14.4 Å². The normalized spacial score (nSPS) is 37.1. The van der Waals surface area contributed by atoms with Crippen LogP contribution in [-0.4, -0.2) is 41.4 Å². The molecule has 1 saturated carbocycles. The fraction of sp³-hybridized carbons (Fsp3) is 0.786. The number of rotatable bonds is 1. The zero-order valence-corrected chi connectivity index (χ0v) is 11.8. The number of imide groups is 1. The van der Waals surface area contributed by atoms with Crippen molar-refractivity contribution in [1.29, 1.82) is 0 Å². The second-order valence-corrected chi connectivity index (χ2v) is 6.46. The van der Waals surface area contributed by atoms with Crippen molar-refractivity contribution in [2.24, 2.45) is 11.8 Å². The lowest BCUT2D eigenvalue weighted by Gasteiger charge is -2.29. The molecule has 1 unspecified atom stereocenters. The Hall–Kier alpha value is -1.59. The lowest BCUT2D eigenvalue weighted by molar-refractivity contribution is -0.136. The standard InChI is InChI=1S/C14H21N3O3/c1-9-2-4-10(5-3-9)11(18)17-7-6-14(8-17)12(19)15-13(20)16-14/h9-10H,2-8H2,1H3,(H2,15,16,19,20). The van der Waals surface area contributed by atoms with Gasteiger partial charge in [-0.2, -0.15) is 0 Å². The second kappa shape index (κ2) is 4.75. The SMILES string of the molecule is CC1CCC(C(=O)N2CCC3(C2)NC(=O)NC3=O)CC1. The van der Waals surface area contributed by atoms with Crippen molar-refractivity contribution in [3.8, 4) is 0 Å². The Bertz CT molecular complexity index is 457. The first-order valence-electron chi connectivity index (χ1n) is 7.42. The summed E-state index contributed by atoms with van der Waals surface area (Å²) in [5.41, 5.74) is -0.880. The Balaban J connectivity index is 1.64. The molecule has 2 aliphatic heterocycles. The predicted molar refractivity (Wildman–Crippen MR) is 71.7 cm³/mol. The number of carbonyl (C=O) groups excluding carboxylic acids is 3. The van der Waals surface area contributed by atoms with Gasteiger partial charge in [0.2, 0.25) is 5.91 Å². The second-order valence-electron chi connectivity index (χ2n) is 6.46. The molecule has 20 heavy (non-hydrogen) atoms. The lowest BCUT2D eigenvalue weighted by atomic mass is 9.82. The Morgan fingerprint density at radius 3 is 2.55 bits per heavy atom.